The summed E-state index contributed by atoms with van der Waals surface area (Å²) in [7, 11) is 7.87. The van der Waals surface area contributed by atoms with Gasteiger partial charge in [-0.15, -0.1) is 6.58 Å². The molecular formula is C40H62N2O6. The van der Waals surface area contributed by atoms with Gasteiger partial charge in [0.1, 0.15) is 12.2 Å². The second-order valence-electron chi connectivity index (χ2n) is 14.4. The van der Waals surface area contributed by atoms with Crippen molar-refractivity contribution in [3.63, 3.8) is 0 Å². The standard InChI is InChI=1S/C40H62N2O6/c1-14-40(9,39(7,8)46-26-24-29(3)48-38(44)34-17-21-36(22-18-34)42(12)13)27-30(4)47-31(5)28(2)23-25-45-32(6)37(43)33-15-19-35(20-16-33)41(10)11/h14-22,28-32H,1,23-27H2,2-13H3. The SMILES string of the molecule is C=CC(C)(CC(C)OC(C)C(C)CCOC(C)C(=O)c1ccc(N(C)C)cc1)C(C)(C)OCCC(C)OC(=O)c1ccc(N(C)C)cc1. The van der Waals surface area contributed by atoms with Crippen LogP contribution in [-0.4, -0.2) is 83.2 Å². The van der Waals surface area contributed by atoms with Crippen molar-refractivity contribution in [2.24, 2.45) is 11.3 Å². The van der Waals surface area contributed by atoms with Gasteiger partial charge in [0.05, 0.1) is 30.0 Å². The Morgan fingerprint density at radius 2 is 1.29 bits per heavy atom. The van der Waals surface area contributed by atoms with E-state index in [9.17, 15) is 9.59 Å². The number of hydrogen-bond donors (Lipinski definition) is 0. The third-order valence-electron chi connectivity index (χ3n) is 9.68. The normalized spacial score (nSPS) is 16.2. The first-order chi connectivity index (χ1) is 22.4. The molecule has 6 unspecified atom stereocenters. The van der Waals surface area contributed by atoms with Crippen molar-refractivity contribution in [3.8, 4) is 0 Å². The third-order valence-corrected chi connectivity index (χ3v) is 9.68. The fourth-order valence-electron chi connectivity index (χ4n) is 5.47. The average molecular weight is 667 g/mol. The van der Waals surface area contributed by atoms with Gasteiger partial charge in [0.25, 0.3) is 0 Å². The zero-order valence-electron chi connectivity index (χ0n) is 31.7. The van der Waals surface area contributed by atoms with Gasteiger partial charge in [0, 0.05) is 63.6 Å². The monoisotopic (exact) mass is 666 g/mol. The topological polar surface area (TPSA) is 77.5 Å². The highest BCUT2D eigenvalue weighted by atomic mass is 16.5. The predicted octanol–water partition coefficient (Wildman–Crippen LogP) is 8.24. The van der Waals surface area contributed by atoms with E-state index in [4.69, 9.17) is 18.9 Å². The largest absolute Gasteiger partial charge is 0.459 e. The summed E-state index contributed by atoms with van der Waals surface area (Å²) in [5.74, 6) is -0.109. The number of carbonyl (C=O) groups is 2. The number of Topliss-reactive ketones (excluding diaryl/α,β-unsaturated/α-hetero) is 1. The highest BCUT2D eigenvalue weighted by Gasteiger charge is 2.41. The molecule has 0 fully saturated rings. The Morgan fingerprint density at radius 1 is 0.771 bits per heavy atom. The number of hydrogen-bond acceptors (Lipinski definition) is 8. The molecule has 2 aromatic rings. The molecule has 0 bridgehead atoms. The molecule has 0 aliphatic rings. The number of ether oxygens (including phenoxy) is 4. The van der Waals surface area contributed by atoms with Crippen molar-refractivity contribution in [1.29, 1.82) is 0 Å². The van der Waals surface area contributed by atoms with Gasteiger partial charge in [-0.2, -0.15) is 0 Å². The van der Waals surface area contributed by atoms with E-state index in [-0.39, 0.29) is 41.4 Å². The van der Waals surface area contributed by atoms with E-state index >= 15 is 0 Å². The van der Waals surface area contributed by atoms with E-state index in [1.807, 2.05) is 94.3 Å². The maximum absolute atomic E-state index is 12.8. The third kappa shape index (κ3) is 12.0. The molecule has 6 atom stereocenters. The molecule has 268 valence electrons. The summed E-state index contributed by atoms with van der Waals surface area (Å²) < 4.78 is 24.5. The van der Waals surface area contributed by atoms with Crippen LogP contribution in [0.1, 0.15) is 95.4 Å². The molecule has 0 heterocycles. The van der Waals surface area contributed by atoms with E-state index < -0.39 is 11.7 Å². The molecule has 0 saturated carbocycles. The molecule has 48 heavy (non-hydrogen) atoms. The minimum absolute atomic E-state index is 0.000835. The lowest BCUT2D eigenvalue weighted by Crippen LogP contribution is -2.45. The van der Waals surface area contributed by atoms with Crippen LogP contribution in [0.5, 0.6) is 0 Å². The van der Waals surface area contributed by atoms with Crippen LogP contribution >= 0.6 is 0 Å². The molecule has 0 aliphatic heterocycles. The van der Waals surface area contributed by atoms with Crippen molar-refractivity contribution < 1.29 is 28.5 Å². The minimum Gasteiger partial charge on any atom is -0.459 e. The second-order valence-corrected chi connectivity index (χ2v) is 14.4. The molecule has 2 rings (SSSR count). The van der Waals surface area contributed by atoms with Crippen molar-refractivity contribution >= 4 is 23.1 Å². The van der Waals surface area contributed by atoms with Gasteiger partial charge < -0.3 is 28.7 Å². The highest BCUT2D eigenvalue weighted by molar-refractivity contribution is 5.99. The van der Waals surface area contributed by atoms with Gasteiger partial charge in [-0.25, -0.2) is 4.79 Å². The molecule has 8 nitrogen and oxygen atoms in total. The van der Waals surface area contributed by atoms with Crippen molar-refractivity contribution in [2.45, 2.75) is 105 Å². The van der Waals surface area contributed by atoms with Crippen molar-refractivity contribution in [2.75, 3.05) is 51.2 Å². The molecule has 0 aliphatic carbocycles. The van der Waals surface area contributed by atoms with Crippen LogP contribution in [0.25, 0.3) is 0 Å². The number of ketones is 1. The lowest BCUT2D eigenvalue weighted by atomic mass is 9.71. The molecule has 0 aromatic heterocycles. The van der Waals surface area contributed by atoms with Crippen LogP contribution in [-0.2, 0) is 18.9 Å². The van der Waals surface area contributed by atoms with Gasteiger partial charge >= 0.3 is 5.97 Å². The van der Waals surface area contributed by atoms with Crippen molar-refractivity contribution in [3.05, 3.63) is 72.3 Å². The van der Waals surface area contributed by atoms with E-state index in [1.165, 1.54) is 0 Å². The van der Waals surface area contributed by atoms with Crippen LogP contribution in [0.4, 0.5) is 11.4 Å². The summed E-state index contributed by atoms with van der Waals surface area (Å²) >= 11 is 0. The number of esters is 1. The van der Waals surface area contributed by atoms with E-state index in [0.717, 1.165) is 24.2 Å². The van der Waals surface area contributed by atoms with Crippen LogP contribution in [0, 0.1) is 11.3 Å². The van der Waals surface area contributed by atoms with Crippen LogP contribution in [0.15, 0.2) is 61.2 Å². The Hall–Kier alpha value is -3.20. The Balaban J connectivity index is 1.80. The van der Waals surface area contributed by atoms with E-state index in [2.05, 4.69) is 48.1 Å². The number of nitrogens with zero attached hydrogens (tertiary/aromatic N) is 2. The average Bonchev–Trinajstić information content (AvgIpc) is 3.03. The summed E-state index contributed by atoms with van der Waals surface area (Å²) in [6.45, 7) is 21.4. The molecule has 0 N–H and O–H groups in total. The second kappa shape index (κ2) is 18.5. The summed E-state index contributed by atoms with van der Waals surface area (Å²) in [6, 6.07) is 15.0. The molecule has 0 amide bonds. The molecule has 8 heteroatoms. The van der Waals surface area contributed by atoms with Gasteiger partial charge in [-0.1, -0.05) is 19.9 Å². The van der Waals surface area contributed by atoms with E-state index in [1.54, 1.807) is 12.1 Å². The summed E-state index contributed by atoms with van der Waals surface area (Å²) in [4.78, 5) is 29.5. The lowest BCUT2D eigenvalue weighted by Gasteiger charge is -2.44. The summed E-state index contributed by atoms with van der Waals surface area (Å²) in [5, 5.41) is 0. The van der Waals surface area contributed by atoms with Gasteiger partial charge in [-0.05, 0) is 109 Å². The van der Waals surface area contributed by atoms with E-state index in [0.29, 0.717) is 30.8 Å². The Labute approximate surface area is 290 Å². The number of rotatable bonds is 21. The number of benzene rings is 2. The van der Waals surface area contributed by atoms with Crippen LogP contribution in [0.2, 0.25) is 0 Å². The molecule has 0 spiro atoms. The lowest BCUT2D eigenvalue weighted by molar-refractivity contribution is -0.117. The summed E-state index contributed by atoms with van der Waals surface area (Å²) in [6.07, 6.45) is 3.20. The molecule has 0 saturated heterocycles. The van der Waals surface area contributed by atoms with Gasteiger partial charge in [-0.3, -0.25) is 4.79 Å². The Morgan fingerprint density at radius 3 is 1.79 bits per heavy atom. The Kier molecular flexibility index (Phi) is 15.8. The van der Waals surface area contributed by atoms with Crippen LogP contribution < -0.4 is 9.80 Å². The fourth-order valence-corrected chi connectivity index (χ4v) is 5.47. The first-order valence-corrected chi connectivity index (χ1v) is 17.2. The fraction of sp³-hybridized carbons (Fsp3) is 0.600. The predicted molar refractivity (Wildman–Crippen MR) is 198 cm³/mol. The highest BCUT2D eigenvalue weighted by Crippen LogP contribution is 2.40. The van der Waals surface area contributed by atoms with Gasteiger partial charge in [0.15, 0.2) is 5.78 Å². The van der Waals surface area contributed by atoms with Gasteiger partial charge in [0.2, 0.25) is 0 Å². The maximum atomic E-state index is 12.8. The van der Waals surface area contributed by atoms with Crippen molar-refractivity contribution in [1.82, 2.24) is 0 Å². The minimum atomic E-state index is -0.531. The molecular weight excluding hydrogens is 604 g/mol. The molecule has 0 radical (unpaired) electrons. The first kappa shape index (κ1) is 41.0. The van der Waals surface area contributed by atoms with Crippen LogP contribution in [0.3, 0.4) is 0 Å². The smallest absolute Gasteiger partial charge is 0.338 e. The quantitative estimate of drug-likeness (QED) is 0.0749. The molecule has 2 aromatic carbocycles. The maximum Gasteiger partial charge on any atom is 0.338 e. The zero-order valence-corrected chi connectivity index (χ0v) is 31.7. The first-order valence-electron chi connectivity index (χ1n) is 17.2. The Bertz CT molecular complexity index is 1290. The number of carbonyl (C=O) groups excluding carboxylic acids is 2. The number of anilines is 2. The zero-order chi connectivity index (χ0) is 36.2. The summed E-state index contributed by atoms with van der Waals surface area (Å²) in [5.41, 5.74) is 2.36.